The highest BCUT2D eigenvalue weighted by molar-refractivity contribution is 5.97. The number of nitrogens with one attached hydrogen (secondary N) is 1. The van der Waals surface area contributed by atoms with Crippen molar-refractivity contribution < 1.29 is 13.9 Å². The highest BCUT2D eigenvalue weighted by Crippen LogP contribution is 2.17. The van der Waals surface area contributed by atoms with E-state index in [-0.39, 0.29) is 5.91 Å². The van der Waals surface area contributed by atoms with E-state index in [4.69, 9.17) is 9.15 Å². The number of hydrogen-bond acceptors (Lipinski definition) is 4. The minimum Gasteiger partial charge on any atom is -0.493 e. The number of hydrogen-bond donors (Lipinski definition) is 1. The number of rotatable bonds is 6. The maximum absolute atomic E-state index is 12.1. The van der Waals surface area contributed by atoms with Crippen LogP contribution < -0.4 is 10.2 Å². The van der Waals surface area contributed by atoms with Gasteiger partial charge in [-0.05, 0) is 37.6 Å². The average Bonchev–Trinajstić information content (AvgIpc) is 2.91. The van der Waals surface area contributed by atoms with Crippen LogP contribution in [0.1, 0.15) is 35.2 Å². The molecule has 2 rings (SSSR count). The molecule has 0 unspecified atom stereocenters. The zero-order valence-electron chi connectivity index (χ0n) is 12.1. The van der Waals surface area contributed by atoms with Gasteiger partial charge in [-0.2, -0.15) is 5.10 Å². The van der Waals surface area contributed by atoms with Gasteiger partial charge in [0.2, 0.25) is 0 Å². The first-order chi connectivity index (χ1) is 10.2. The van der Waals surface area contributed by atoms with E-state index in [0.717, 1.165) is 12.2 Å². The van der Waals surface area contributed by atoms with E-state index in [2.05, 4.69) is 10.5 Å². The zero-order valence-corrected chi connectivity index (χ0v) is 12.1. The number of aryl methyl sites for hydroxylation is 1. The average molecular weight is 286 g/mol. The molecule has 5 heteroatoms. The number of amides is 1. The van der Waals surface area contributed by atoms with Crippen LogP contribution in [-0.4, -0.2) is 18.7 Å². The summed E-state index contributed by atoms with van der Waals surface area (Å²) in [6, 6.07) is 10.7. The van der Waals surface area contributed by atoms with Crippen molar-refractivity contribution in [1.29, 1.82) is 0 Å². The molecule has 0 saturated heterocycles. The molecular weight excluding hydrogens is 268 g/mol. The quantitative estimate of drug-likeness (QED) is 0.655. The highest BCUT2D eigenvalue weighted by Gasteiger charge is 2.10. The van der Waals surface area contributed by atoms with Crippen molar-refractivity contribution in [2.75, 3.05) is 6.61 Å². The predicted octanol–water partition coefficient (Wildman–Crippen LogP) is 3.14. The van der Waals surface area contributed by atoms with Gasteiger partial charge >= 0.3 is 0 Å². The van der Waals surface area contributed by atoms with Crippen LogP contribution in [0.3, 0.4) is 0 Å². The summed E-state index contributed by atoms with van der Waals surface area (Å²) in [5.41, 5.74) is 2.92. The number of para-hydroxylation sites is 1. The Morgan fingerprint density at radius 1 is 1.33 bits per heavy atom. The molecule has 2 aromatic rings. The molecule has 0 aliphatic heterocycles. The van der Waals surface area contributed by atoms with Crippen molar-refractivity contribution in [2.45, 2.75) is 20.3 Å². The van der Waals surface area contributed by atoms with Gasteiger partial charge in [0.1, 0.15) is 17.3 Å². The van der Waals surface area contributed by atoms with Gasteiger partial charge < -0.3 is 9.15 Å². The first-order valence-electron chi connectivity index (χ1n) is 6.82. The summed E-state index contributed by atoms with van der Waals surface area (Å²) in [5, 5.41) is 3.88. The van der Waals surface area contributed by atoms with Gasteiger partial charge in [0, 0.05) is 0 Å². The van der Waals surface area contributed by atoms with Gasteiger partial charge in [0.15, 0.2) is 0 Å². The smallest absolute Gasteiger partial charge is 0.275 e. The molecule has 1 N–H and O–H groups in total. The minimum absolute atomic E-state index is 0.318. The summed E-state index contributed by atoms with van der Waals surface area (Å²) in [7, 11) is 0. The number of ether oxygens (including phenoxy) is 1. The fourth-order valence-electron chi connectivity index (χ4n) is 1.73. The lowest BCUT2D eigenvalue weighted by Crippen LogP contribution is -2.18. The molecule has 0 aliphatic rings. The molecule has 0 fully saturated rings. The zero-order chi connectivity index (χ0) is 15.1. The van der Waals surface area contributed by atoms with E-state index in [1.807, 2.05) is 26.0 Å². The Morgan fingerprint density at radius 3 is 2.86 bits per heavy atom. The third kappa shape index (κ3) is 4.21. The highest BCUT2D eigenvalue weighted by atomic mass is 16.5. The lowest BCUT2D eigenvalue weighted by atomic mass is 10.2. The Bertz CT molecular complexity index is 632. The van der Waals surface area contributed by atoms with Crippen LogP contribution in [0.2, 0.25) is 0 Å². The number of furan rings is 1. The molecule has 0 saturated carbocycles. The number of carbonyl (C=O) groups is 1. The van der Waals surface area contributed by atoms with Crippen molar-refractivity contribution in [3.8, 4) is 5.75 Å². The van der Waals surface area contributed by atoms with Crippen molar-refractivity contribution >= 4 is 12.1 Å². The van der Waals surface area contributed by atoms with Gasteiger partial charge in [-0.1, -0.05) is 19.1 Å². The largest absolute Gasteiger partial charge is 0.493 e. The monoisotopic (exact) mass is 286 g/mol. The first-order valence-corrected chi connectivity index (χ1v) is 6.82. The fraction of sp³-hybridized carbons (Fsp3) is 0.250. The van der Waals surface area contributed by atoms with Crippen LogP contribution in [0.25, 0.3) is 0 Å². The summed E-state index contributed by atoms with van der Waals surface area (Å²) in [4.78, 5) is 12.1. The molecule has 0 radical (unpaired) electrons. The second-order valence-electron chi connectivity index (χ2n) is 4.49. The Kier molecular flexibility index (Phi) is 5.15. The van der Waals surface area contributed by atoms with Crippen LogP contribution in [0.15, 0.2) is 45.9 Å². The maximum Gasteiger partial charge on any atom is 0.275 e. The third-order valence-electron chi connectivity index (χ3n) is 2.71. The van der Waals surface area contributed by atoms with E-state index >= 15 is 0 Å². The van der Waals surface area contributed by atoms with Crippen LogP contribution in [0.4, 0.5) is 0 Å². The summed E-state index contributed by atoms with van der Waals surface area (Å²) in [6.07, 6.45) is 2.34. The number of benzene rings is 1. The van der Waals surface area contributed by atoms with E-state index < -0.39 is 0 Å². The van der Waals surface area contributed by atoms with Crippen LogP contribution >= 0.6 is 0 Å². The summed E-state index contributed by atoms with van der Waals surface area (Å²) in [5.74, 6) is 1.62. The number of carbonyl (C=O) groups excluding carboxylic acids is 1. The molecule has 1 amide bonds. The van der Waals surface area contributed by atoms with Crippen molar-refractivity contribution in [1.82, 2.24) is 5.43 Å². The molecule has 0 atom stereocenters. The van der Waals surface area contributed by atoms with E-state index in [0.29, 0.717) is 23.7 Å². The number of nitrogens with zero attached hydrogens (tertiary/aromatic N) is 1. The molecule has 1 heterocycles. The minimum atomic E-state index is -0.318. The maximum atomic E-state index is 12.1. The SMILES string of the molecule is CCCOc1ccccc1C(=O)NN=Cc1ccc(C)o1. The lowest BCUT2D eigenvalue weighted by Gasteiger charge is -2.09. The Hall–Kier alpha value is -2.56. The topological polar surface area (TPSA) is 63.8 Å². The van der Waals surface area contributed by atoms with Gasteiger partial charge in [-0.15, -0.1) is 0 Å². The van der Waals surface area contributed by atoms with Gasteiger partial charge in [0.05, 0.1) is 18.4 Å². The molecule has 21 heavy (non-hydrogen) atoms. The third-order valence-corrected chi connectivity index (χ3v) is 2.71. The molecule has 110 valence electrons. The lowest BCUT2D eigenvalue weighted by molar-refractivity contribution is 0.0951. The van der Waals surface area contributed by atoms with E-state index in [1.54, 1.807) is 24.3 Å². The van der Waals surface area contributed by atoms with E-state index in [1.165, 1.54) is 6.21 Å². The number of hydrazone groups is 1. The Balaban J connectivity index is 2.01. The van der Waals surface area contributed by atoms with Crippen LogP contribution in [0.5, 0.6) is 5.75 Å². The molecule has 1 aromatic heterocycles. The second-order valence-corrected chi connectivity index (χ2v) is 4.49. The van der Waals surface area contributed by atoms with Crippen molar-refractivity contribution in [3.63, 3.8) is 0 Å². The van der Waals surface area contributed by atoms with Crippen LogP contribution in [0, 0.1) is 6.92 Å². The van der Waals surface area contributed by atoms with Crippen molar-refractivity contribution in [3.05, 3.63) is 53.5 Å². The summed E-state index contributed by atoms with van der Waals surface area (Å²) in [6.45, 7) is 4.43. The summed E-state index contributed by atoms with van der Waals surface area (Å²) >= 11 is 0. The van der Waals surface area contributed by atoms with Gasteiger partial charge in [-0.25, -0.2) is 5.43 Å². The molecule has 0 spiro atoms. The molecular formula is C16H18N2O3. The first kappa shape index (κ1) is 14.8. The predicted molar refractivity (Wildman–Crippen MR) is 80.7 cm³/mol. The van der Waals surface area contributed by atoms with Crippen molar-refractivity contribution in [2.24, 2.45) is 5.10 Å². The fourth-order valence-corrected chi connectivity index (χ4v) is 1.73. The molecule has 0 bridgehead atoms. The Labute approximate surface area is 123 Å². The molecule has 5 nitrogen and oxygen atoms in total. The van der Waals surface area contributed by atoms with Gasteiger partial charge in [0.25, 0.3) is 5.91 Å². The molecule has 1 aromatic carbocycles. The van der Waals surface area contributed by atoms with E-state index in [9.17, 15) is 4.79 Å². The van der Waals surface area contributed by atoms with Gasteiger partial charge in [-0.3, -0.25) is 4.79 Å². The second kappa shape index (κ2) is 7.28. The Morgan fingerprint density at radius 2 is 2.14 bits per heavy atom. The summed E-state index contributed by atoms with van der Waals surface area (Å²) < 4.78 is 10.9. The standard InChI is InChI=1S/C16H18N2O3/c1-3-10-20-15-7-5-4-6-14(15)16(19)18-17-11-13-9-8-12(2)21-13/h4-9,11H,3,10H2,1-2H3,(H,18,19). The molecule has 0 aliphatic carbocycles. The van der Waals surface area contributed by atoms with Crippen LogP contribution in [-0.2, 0) is 0 Å². The normalized spacial score (nSPS) is 10.8.